The number of nitrogens with one attached hydrogen (secondary N) is 2. The number of nitrogen functional groups attached to an aromatic ring is 1. The van der Waals surface area contributed by atoms with E-state index in [0.717, 1.165) is 61.1 Å². The number of imidazole rings is 1. The van der Waals surface area contributed by atoms with Crippen LogP contribution in [-0.2, 0) is 55.5 Å². The fourth-order valence-electron chi connectivity index (χ4n) is 6.45. The van der Waals surface area contributed by atoms with E-state index in [4.69, 9.17) is 10.5 Å². The summed E-state index contributed by atoms with van der Waals surface area (Å²) in [6.45, 7) is 2.09. The average molecular weight is 1070 g/mol. The van der Waals surface area contributed by atoms with Crippen molar-refractivity contribution in [2.75, 3.05) is 37.8 Å². The Morgan fingerprint density at radius 1 is 0.914 bits per heavy atom. The third kappa shape index (κ3) is 22.5. The number of hydrogen-bond acceptors (Lipinski definition) is 23. The minimum atomic E-state index is -5.94. The van der Waals surface area contributed by atoms with Crippen molar-refractivity contribution in [1.29, 1.82) is 0 Å². The molecule has 3 heterocycles. The van der Waals surface area contributed by atoms with E-state index in [0.29, 0.717) is 12.8 Å². The number of Topliss-reactive ketones (excluding diaryl/α,β-unsaturated/α-hetero) is 1. The van der Waals surface area contributed by atoms with Crippen LogP contribution in [0.4, 0.5) is 5.82 Å². The van der Waals surface area contributed by atoms with Crippen LogP contribution >= 0.6 is 35.2 Å². The van der Waals surface area contributed by atoms with Crippen LogP contribution in [0, 0.1) is 5.41 Å². The summed E-state index contributed by atoms with van der Waals surface area (Å²) < 4.78 is 60.8. The summed E-state index contributed by atoms with van der Waals surface area (Å²) in [5, 5.41) is 26.0. The number of unbranched alkanes of at least 4 members (excludes halogenated alkanes) is 5. The maximum absolute atomic E-state index is 12.6. The topological polar surface area (TPSA) is 392 Å². The van der Waals surface area contributed by atoms with Gasteiger partial charge in [0.1, 0.15) is 42.0 Å². The smallest absolute Gasteiger partial charge is 0.274 e. The molecule has 2 amide bonds. The third-order valence-electron chi connectivity index (χ3n) is 10.2. The predicted molar refractivity (Wildman–Crippen MR) is 247 cm³/mol. The zero-order valence-electron chi connectivity index (χ0n) is 39.1. The SMILES string of the molecule is CCCCC/C=C\C/C=C\C/C=C\CCCCC(=O)CC(=O)SCCNC(=O)CCNC(=O)[C@H](O)C(C)(C)COP(=O)([O-])OP(=O)([O-])OC[C@H]1O[C@@H](n2cnc3c(N)ncnc32)[C@H](O)[C@@H]1OP(=O)([O-])[O-]. The molecule has 7 atom stereocenters. The number of nitrogens with two attached hydrogens (primary N) is 1. The average Bonchev–Trinajstić information content (AvgIpc) is 3.84. The number of aliphatic hydroxyl groups is 2. The van der Waals surface area contributed by atoms with Crippen LogP contribution < -0.4 is 35.9 Å². The van der Waals surface area contributed by atoms with Crippen LogP contribution in [0.3, 0.4) is 0 Å². The number of allylic oxidation sites excluding steroid dienone is 6. The van der Waals surface area contributed by atoms with Gasteiger partial charge in [-0.1, -0.05) is 81.8 Å². The van der Waals surface area contributed by atoms with Crippen molar-refractivity contribution in [3.63, 3.8) is 0 Å². The molecule has 25 nitrogen and oxygen atoms in total. The molecule has 6 N–H and O–H groups in total. The molecule has 0 aromatic carbocycles. The second-order valence-corrected chi connectivity index (χ2v) is 21.8. The van der Waals surface area contributed by atoms with Crippen LogP contribution in [0.1, 0.15) is 104 Å². The molecule has 29 heteroatoms. The molecule has 0 saturated carbocycles. The number of fused-ring (bicyclic) bond motifs is 1. The molecule has 0 aliphatic carbocycles. The number of phosphoric acid groups is 3. The minimum absolute atomic E-state index is 0.0278. The number of phosphoric ester groups is 3. The fourth-order valence-corrected chi connectivity index (χ4v) is 9.88. The monoisotopic (exact) mass is 1070 g/mol. The molecule has 2 aromatic rings. The van der Waals surface area contributed by atoms with E-state index in [2.05, 4.69) is 86.8 Å². The molecule has 0 radical (unpaired) electrons. The highest BCUT2D eigenvalue weighted by Gasteiger charge is 2.47. The summed E-state index contributed by atoms with van der Waals surface area (Å²) in [4.78, 5) is 109. The van der Waals surface area contributed by atoms with Crippen molar-refractivity contribution < 1.29 is 85.3 Å². The first-order valence-corrected chi connectivity index (χ1v) is 27.8. The van der Waals surface area contributed by atoms with Gasteiger partial charge < -0.3 is 69.0 Å². The van der Waals surface area contributed by atoms with Gasteiger partial charge in [0.25, 0.3) is 15.6 Å². The molecule has 2 aromatic heterocycles. The van der Waals surface area contributed by atoms with E-state index in [1.54, 1.807) is 0 Å². The van der Waals surface area contributed by atoms with Gasteiger partial charge in [-0.05, 0) is 44.9 Å². The van der Waals surface area contributed by atoms with Gasteiger partial charge in [-0.25, -0.2) is 19.3 Å². The number of carbonyl (C=O) groups excluding carboxylic acids is 4. The Balaban J connectivity index is 1.31. The number of aromatic nitrogens is 4. The van der Waals surface area contributed by atoms with Gasteiger partial charge in [-0.15, -0.1) is 0 Å². The van der Waals surface area contributed by atoms with E-state index >= 15 is 0 Å². The van der Waals surface area contributed by atoms with Crippen molar-refractivity contribution in [3.8, 4) is 0 Å². The first-order chi connectivity index (χ1) is 32.9. The van der Waals surface area contributed by atoms with Gasteiger partial charge in [0.15, 0.2) is 22.8 Å². The summed E-state index contributed by atoms with van der Waals surface area (Å²) in [5.74, 6) is -1.58. The van der Waals surface area contributed by atoms with Gasteiger partial charge >= 0.3 is 0 Å². The number of aliphatic hydroxyl groups excluding tert-OH is 2. The van der Waals surface area contributed by atoms with Crippen LogP contribution in [0.15, 0.2) is 49.1 Å². The van der Waals surface area contributed by atoms with Crippen LogP contribution in [0.5, 0.6) is 0 Å². The van der Waals surface area contributed by atoms with E-state index in [-0.39, 0.29) is 59.6 Å². The Morgan fingerprint density at radius 3 is 2.21 bits per heavy atom. The van der Waals surface area contributed by atoms with Gasteiger partial charge in [0.2, 0.25) is 11.8 Å². The minimum Gasteiger partial charge on any atom is -0.790 e. The van der Waals surface area contributed by atoms with Crippen LogP contribution in [0.25, 0.3) is 11.2 Å². The van der Waals surface area contributed by atoms with Gasteiger partial charge in [-0.3, -0.25) is 32.9 Å². The number of amides is 2. The Morgan fingerprint density at radius 2 is 1.56 bits per heavy atom. The summed E-state index contributed by atoms with van der Waals surface area (Å²) in [7, 11) is -17.7. The van der Waals surface area contributed by atoms with Crippen molar-refractivity contribution in [3.05, 3.63) is 49.1 Å². The van der Waals surface area contributed by atoms with E-state index in [1.807, 2.05) is 0 Å². The zero-order chi connectivity index (χ0) is 52.0. The number of anilines is 1. The number of rotatable bonds is 34. The summed E-state index contributed by atoms with van der Waals surface area (Å²) in [6.07, 6.45) is 14.2. The van der Waals surface area contributed by atoms with Gasteiger partial charge in [0, 0.05) is 37.1 Å². The third-order valence-corrected chi connectivity index (χ3v) is 14.1. The second-order valence-electron chi connectivity index (χ2n) is 16.5. The van der Waals surface area contributed by atoms with E-state index in [9.17, 15) is 62.7 Å². The maximum Gasteiger partial charge on any atom is 0.274 e. The highest BCUT2D eigenvalue weighted by atomic mass is 32.2. The quantitative estimate of drug-likeness (QED) is 0.0288. The molecule has 0 bridgehead atoms. The normalized spacial score (nSPS) is 20.0. The highest BCUT2D eigenvalue weighted by Crippen LogP contribution is 2.56. The molecule has 2 unspecified atom stereocenters. The molecule has 3 rings (SSSR count). The number of ketones is 1. The van der Waals surface area contributed by atoms with Crippen LogP contribution in [-0.4, -0.2) is 109 Å². The summed E-state index contributed by atoms with van der Waals surface area (Å²) in [6, 6.07) is 0. The number of ether oxygens (including phenoxy) is 1. The molecule has 1 aliphatic heterocycles. The van der Waals surface area contributed by atoms with E-state index < -0.39 is 84.6 Å². The molecule has 394 valence electrons. The number of carbonyl (C=O) groups is 4. The molecule has 70 heavy (non-hydrogen) atoms. The predicted octanol–water partition coefficient (Wildman–Crippen LogP) is 1.69. The largest absolute Gasteiger partial charge is 0.790 e. The lowest BCUT2D eigenvalue weighted by Gasteiger charge is -2.36. The lowest BCUT2D eigenvalue weighted by Crippen LogP contribution is -2.46. The first kappa shape index (κ1) is 60.8. The molecular formula is C41H62N7O18P3S-4. The first-order valence-electron chi connectivity index (χ1n) is 22.4. The number of thioether (sulfide) groups is 1. The van der Waals surface area contributed by atoms with Crippen molar-refractivity contribution in [1.82, 2.24) is 30.2 Å². The summed E-state index contributed by atoms with van der Waals surface area (Å²) in [5.41, 5.74) is 4.04. The molecule has 1 fully saturated rings. The Hall–Kier alpha value is -3.55. The van der Waals surface area contributed by atoms with Gasteiger partial charge in [0.05, 0.1) is 33.8 Å². The Kier molecular flexibility index (Phi) is 25.9. The summed E-state index contributed by atoms with van der Waals surface area (Å²) >= 11 is 0.908. The van der Waals surface area contributed by atoms with Gasteiger partial charge in [-0.2, -0.15) is 0 Å². The van der Waals surface area contributed by atoms with Crippen LogP contribution in [0.2, 0.25) is 0 Å². The zero-order valence-corrected chi connectivity index (χ0v) is 42.6. The maximum atomic E-state index is 12.6. The second kappa shape index (κ2) is 29.8. The highest BCUT2D eigenvalue weighted by molar-refractivity contribution is 8.13. The van der Waals surface area contributed by atoms with E-state index in [1.165, 1.54) is 33.1 Å². The molecule has 1 aliphatic rings. The number of nitrogens with zero attached hydrogens (tertiary/aromatic N) is 4. The molecule has 0 spiro atoms. The fraction of sp³-hybridized carbons (Fsp3) is 0.634. The standard InChI is InChI=1S/C41H66N7O18P3S/c1-4-5-6-7-8-9-10-11-12-13-14-15-16-17-18-19-29(49)24-32(51)70-23-22-43-31(50)20-21-44-39(54)36(53)41(2,3)26-63-69(60,61)66-68(58,59)62-25-30-35(65-67(55,56)57)34(52)40(64-30)48-28-47-33-37(42)45-27-46-38(33)48/h8-9,11-12,14-15,27-28,30,34-36,40,52-53H,4-7,10,13,16-26H2,1-3H3,(H,43,50)(H,44,54)(H,58,59)(H,60,61)(H2,42,45,46)(H2,55,56,57)/p-4/b9-8-,12-11-,15-14-/t30-,34-,35-,36+,40-/m1/s1. The van der Waals surface area contributed by atoms with Crippen molar-refractivity contribution >= 4 is 74.9 Å². The molecular weight excluding hydrogens is 1000 g/mol. The van der Waals surface area contributed by atoms with Crippen molar-refractivity contribution in [2.45, 2.75) is 128 Å². The van der Waals surface area contributed by atoms with Crippen molar-refractivity contribution in [2.24, 2.45) is 5.41 Å². The lowest BCUT2D eigenvalue weighted by atomic mass is 9.87. The Labute approximate surface area is 409 Å². The lowest BCUT2D eigenvalue weighted by molar-refractivity contribution is -0.347. The molecule has 1 saturated heterocycles. The Bertz CT molecular complexity index is 2260. The number of hydrogen-bond donors (Lipinski definition) is 5.